The van der Waals surface area contributed by atoms with Crippen molar-refractivity contribution < 1.29 is 4.42 Å². The molecule has 2 rings (SSSR count). The van der Waals surface area contributed by atoms with Crippen LogP contribution in [0, 0.1) is 6.92 Å². The molecule has 1 atom stereocenters. The fraction of sp³-hybridized carbons (Fsp3) is 0.429. The van der Waals surface area contributed by atoms with Gasteiger partial charge in [-0.05, 0) is 38.4 Å². The average molecular weight is 217 g/mol. The van der Waals surface area contributed by atoms with Crippen molar-refractivity contribution in [3.8, 4) is 0 Å². The molecule has 2 heteroatoms. The second-order valence-corrected chi connectivity index (χ2v) is 4.32. The second kappa shape index (κ2) is 4.71. The molecule has 0 amide bonds. The lowest BCUT2D eigenvalue weighted by Crippen LogP contribution is -2.18. The van der Waals surface area contributed by atoms with Crippen LogP contribution < -0.4 is 5.32 Å². The van der Waals surface area contributed by atoms with Crippen molar-refractivity contribution in [3.05, 3.63) is 35.6 Å². The van der Waals surface area contributed by atoms with Gasteiger partial charge in [0.25, 0.3) is 0 Å². The molecule has 1 N–H and O–H groups in total. The highest BCUT2D eigenvalue weighted by Gasteiger charge is 2.11. The molecule has 0 fully saturated rings. The third-order valence-corrected chi connectivity index (χ3v) is 2.89. The lowest BCUT2D eigenvalue weighted by molar-refractivity contribution is 0.451. The van der Waals surface area contributed by atoms with Crippen molar-refractivity contribution in [3.63, 3.8) is 0 Å². The molecule has 0 spiro atoms. The zero-order chi connectivity index (χ0) is 11.5. The van der Waals surface area contributed by atoms with Crippen LogP contribution in [-0.4, -0.2) is 6.54 Å². The van der Waals surface area contributed by atoms with Gasteiger partial charge in [0.05, 0.1) is 6.04 Å². The van der Waals surface area contributed by atoms with Crippen LogP contribution in [0.3, 0.4) is 0 Å². The van der Waals surface area contributed by atoms with Gasteiger partial charge in [-0.25, -0.2) is 0 Å². The molecule has 1 unspecified atom stereocenters. The predicted octanol–water partition coefficient (Wildman–Crippen LogP) is 3.80. The molecule has 16 heavy (non-hydrogen) atoms. The van der Waals surface area contributed by atoms with E-state index in [2.05, 4.69) is 50.4 Å². The van der Waals surface area contributed by atoms with Gasteiger partial charge in [0.15, 0.2) is 0 Å². The Bertz CT molecular complexity index is 473. The Morgan fingerprint density at radius 1 is 1.38 bits per heavy atom. The highest BCUT2D eigenvalue weighted by atomic mass is 16.3. The summed E-state index contributed by atoms with van der Waals surface area (Å²) < 4.78 is 5.90. The molecule has 86 valence electrons. The summed E-state index contributed by atoms with van der Waals surface area (Å²) in [6.45, 7) is 7.42. The predicted molar refractivity (Wildman–Crippen MR) is 67.7 cm³/mol. The Balaban J connectivity index is 2.29. The minimum atomic E-state index is 0.284. The minimum absolute atomic E-state index is 0.284. The molecule has 2 nitrogen and oxygen atoms in total. The van der Waals surface area contributed by atoms with Crippen LogP contribution in [0.2, 0.25) is 0 Å². The monoisotopic (exact) mass is 217 g/mol. The van der Waals surface area contributed by atoms with Crippen LogP contribution >= 0.6 is 0 Å². The number of hydrogen-bond donors (Lipinski definition) is 1. The van der Waals surface area contributed by atoms with Crippen molar-refractivity contribution in [1.29, 1.82) is 0 Å². The Labute approximate surface area is 96.6 Å². The molecule has 0 aliphatic carbocycles. The van der Waals surface area contributed by atoms with E-state index in [0.717, 1.165) is 24.3 Å². The summed E-state index contributed by atoms with van der Waals surface area (Å²) in [5.41, 5.74) is 2.22. The topological polar surface area (TPSA) is 25.2 Å². The van der Waals surface area contributed by atoms with Crippen LogP contribution in [0.1, 0.15) is 37.6 Å². The van der Waals surface area contributed by atoms with E-state index in [1.54, 1.807) is 0 Å². The minimum Gasteiger partial charge on any atom is -0.459 e. The third-order valence-electron chi connectivity index (χ3n) is 2.89. The molecular weight excluding hydrogens is 198 g/mol. The summed E-state index contributed by atoms with van der Waals surface area (Å²) in [5, 5.41) is 4.63. The van der Waals surface area contributed by atoms with E-state index < -0.39 is 0 Å². The SMILES string of the molecule is CCCNC(C)c1cc2cccc(C)c2o1. The lowest BCUT2D eigenvalue weighted by Gasteiger charge is -2.09. The Morgan fingerprint density at radius 2 is 2.19 bits per heavy atom. The number of hydrogen-bond acceptors (Lipinski definition) is 2. The first-order valence-electron chi connectivity index (χ1n) is 5.94. The molecule has 1 aromatic carbocycles. The number of furan rings is 1. The first-order chi connectivity index (χ1) is 7.72. The van der Waals surface area contributed by atoms with Gasteiger partial charge in [-0.2, -0.15) is 0 Å². The van der Waals surface area contributed by atoms with Gasteiger partial charge in [0, 0.05) is 5.39 Å². The lowest BCUT2D eigenvalue weighted by atomic mass is 10.1. The largest absolute Gasteiger partial charge is 0.459 e. The van der Waals surface area contributed by atoms with E-state index in [4.69, 9.17) is 4.42 Å². The summed E-state index contributed by atoms with van der Waals surface area (Å²) in [7, 11) is 0. The second-order valence-electron chi connectivity index (χ2n) is 4.32. The molecule has 0 saturated heterocycles. The zero-order valence-electron chi connectivity index (χ0n) is 10.2. The Kier molecular flexibility index (Phi) is 3.30. The standard InChI is InChI=1S/C14H19NO/c1-4-8-15-11(3)13-9-12-7-5-6-10(2)14(12)16-13/h5-7,9,11,15H,4,8H2,1-3H3. The van der Waals surface area contributed by atoms with Crippen LogP contribution in [0.5, 0.6) is 0 Å². The molecule has 0 radical (unpaired) electrons. The number of nitrogens with one attached hydrogen (secondary N) is 1. The first kappa shape index (κ1) is 11.2. The quantitative estimate of drug-likeness (QED) is 0.842. The third kappa shape index (κ3) is 2.12. The molecule has 1 heterocycles. The van der Waals surface area contributed by atoms with Crippen molar-refractivity contribution >= 4 is 11.0 Å². The van der Waals surface area contributed by atoms with Gasteiger partial charge in [-0.15, -0.1) is 0 Å². The maximum Gasteiger partial charge on any atom is 0.137 e. The Hall–Kier alpha value is -1.28. The van der Waals surface area contributed by atoms with Gasteiger partial charge in [-0.3, -0.25) is 0 Å². The Morgan fingerprint density at radius 3 is 2.88 bits per heavy atom. The zero-order valence-corrected chi connectivity index (χ0v) is 10.2. The van der Waals surface area contributed by atoms with Crippen LogP contribution in [0.25, 0.3) is 11.0 Å². The summed E-state index contributed by atoms with van der Waals surface area (Å²) in [6.07, 6.45) is 1.14. The maximum atomic E-state index is 5.90. The molecule has 2 aromatic rings. The number of rotatable bonds is 4. The van der Waals surface area contributed by atoms with Crippen LogP contribution in [0.15, 0.2) is 28.7 Å². The summed E-state index contributed by atoms with van der Waals surface area (Å²) in [5.74, 6) is 1.03. The van der Waals surface area contributed by atoms with Gasteiger partial charge in [-0.1, -0.05) is 25.1 Å². The van der Waals surface area contributed by atoms with Crippen LogP contribution in [0.4, 0.5) is 0 Å². The average Bonchev–Trinajstić information content (AvgIpc) is 2.71. The molecule has 0 bridgehead atoms. The molecule has 0 aliphatic heterocycles. The van der Waals surface area contributed by atoms with Gasteiger partial charge >= 0.3 is 0 Å². The normalized spacial score (nSPS) is 13.2. The number of para-hydroxylation sites is 1. The summed E-state index contributed by atoms with van der Waals surface area (Å²) in [6, 6.07) is 8.67. The fourth-order valence-corrected chi connectivity index (χ4v) is 1.90. The van der Waals surface area contributed by atoms with Gasteiger partial charge in [0.1, 0.15) is 11.3 Å². The number of fused-ring (bicyclic) bond motifs is 1. The summed E-state index contributed by atoms with van der Waals surface area (Å²) in [4.78, 5) is 0. The molecule has 1 aromatic heterocycles. The number of aryl methyl sites for hydroxylation is 1. The van der Waals surface area contributed by atoms with Crippen molar-refractivity contribution in [1.82, 2.24) is 5.32 Å². The highest BCUT2D eigenvalue weighted by molar-refractivity contribution is 5.80. The van der Waals surface area contributed by atoms with Gasteiger partial charge in [0.2, 0.25) is 0 Å². The van der Waals surface area contributed by atoms with E-state index >= 15 is 0 Å². The first-order valence-corrected chi connectivity index (χ1v) is 5.94. The maximum absolute atomic E-state index is 5.90. The summed E-state index contributed by atoms with van der Waals surface area (Å²) >= 11 is 0. The van der Waals surface area contributed by atoms with E-state index in [9.17, 15) is 0 Å². The van der Waals surface area contributed by atoms with E-state index in [1.807, 2.05) is 0 Å². The molecule has 0 aliphatic rings. The highest BCUT2D eigenvalue weighted by Crippen LogP contribution is 2.26. The molecule has 0 saturated carbocycles. The van der Waals surface area contributed by atoms with Crippen molar-refractivity contribution in [2.24, 2.45) is 0 Å². The van der Waals surface area contributed by atoms with Crippen molar-refractivity contribution in [2.75, 3.05) is 6.54 Å². The van der Waals surface area contributed by atoms with E-state index in [-0.39, 0.29) is 6.04 Å². The number of benzene rings is 1. The fourth-order valence-electron chi connectivity index (χ4n) is 1.90. The molecular formula is C14H19NO. The van der Waals surface area contributed by atoms with E-state index in [1.165, 1.54) is 10.9 Å². The van der Waals surface area contributed by atoms with Gasteiger partial charge < -0.3 is 9.73 Å². The van der Waals surface area contributed by atoms with Crippen LogP contribution in [-0.2, 0) is 0 Å². The van der Waals surface area contributed by atoms with Crippen molar-refractivity contribution in [2.45, 2.75) is 33.2 Å². The smallest absolute Gasteiger partial charge is 0.137 e. The van der Waals surface area contributed by atoms with E-state index in [0.29, 0.717) is 0 Å².